The molecule has 0 saturated carbocycles. The summed E-state index contributed by atoms with van der Waals surface area (Å²) in [5, 5.41) is 0. The summed E-state index contributed by atoms with van der Waals surface area (Å²) < 4.78 is 16.5. The molecular formula is C26H34N2O5. The molecule has 7 heteroatoms. The zero-order chi connectivity index (χ0) is 24.1. The Morgan fingerprint density at radius 3 is 2.30 bits per heavy atom. The number of carbonyl (C=O) groups is 2. The SMILES string of the molecule is CCOC(=O)N(Cc1ccccc1)[C@@H]1C[C@H](C)N(C(=O)C(C)C)c2cc(OC)c(OC)cc21. The van der Waals surface area contributed by atoms with Crippen LogP contribution < -0.4 is 14.4 Å². The van der Waals surface area contributed by atoms with Crippen LogP contribution in [0, 0.1) is 5.92 Å². The van der Waals surface area contributed by atoms with Crippen LogP contribution in [0.15, 0.2) is 42.5 Å². The number of fused-ring (bicyclic) bond motifs is 1. The third-order valence-electron chi connectivity index (χ3n) is 5.96. The first kappa shape index (κ1) is 24.4. The van der Waals surface area contributed by atoms with E-state index < -0.39 is 0 Å². The zero-order valence-electron chi connectivity index (χ0n) is 20.3. The fourth-order valence-corrected chi connectivity index (χ4v) is 4.35. The van der Waals surface area contributed by atoms with Crippen LogP contribution in [0.2, 0.25) is 0 Å². The Balaban J connectivity index is 2.16. The van der Waals surface area contributed by atoms with E-state index in [1.54, 1.807) is 26.0 Å². The van der Waals surface area contributed by atoms with Gasteiger partial charge in [-0.05, 0) is 31.9 Å². The fourth-order valence-electron chi connectivity index (χ4n) is 4.35. The molecule has 1 aliphatic rings. The first-order valence-corrected chi connectivity index (χ1v) is 11.4. The molecule has 0 bridgehead atoms. The van der Waals surface area contributed by atoms with E-state index in [2.05, 4.69) is 0 Å². The van der Waals surface area contributed by atoms with Crippen molar-refractivity contribution in [2.24, 2.45) is 5.92 Å². The molecule has 0 saturated heterocycles. The van der Waals surface area contributed by atoms with Gasteiger partial charge in [-0.25, -0.2) is 4.79 Å². The number of carbonyl (C=O) groups excluding carboxylic acids is 2. The van der Waals surface area contributed by atoms with E-state index in [0.29, 0.717) is 24.5 Å². The normalized spacial score (nSPS) is 17.4. The van der Waals surface area contributed by atoms with E-state index in [9.17, 15) is 9.59 Å². The van der Waals surface area contributed by atoms with Gasteiger partial charge in [-0.15, -0.1) is 0 Å². The van der Waals surface area contributed by atoms with Crippen molar-refractivity contribution in [2.45, 2.75) is 52.7 Å². The molecule has 1 heterocycles. The molecule has 178 valence electrons. The predicted molar refractivity (Wildman–Crippen MR) is 128 cm³/mol. The van der Waals surface area contributed by atoms with E-state index in [4.69, 9.17) is 14.2 Å². The molecule has 0 aromatic heterocycles. The average molecular weight is 455 g/mol. The van der Waals surface area contributed by atoms with Crippen LogP contribution in [0.4, 0.5) is 10.5 Å². The fraction of sp³-hybridized carbons (Fsp3) is 0.462. The zero-order valence-corrected chi connectivity index (χ0v) is 20.3. The van der Waals surface area contributed by atoms with E-state index in [1.165, 1.54) is 0 Å². The molecule has 0 unspecified atom stereocenters. The maximum absolute atomic E-state index is 13.2. The van der Waals surface area contributed by atoms with Crippen molar-refractivity contribution in [2.75, 3.05) is 25.7 Å². The molecule has 3 rings (SSSR count). The molecule has 2 atom stereocenters. The topological polar surface area (TPSA) is 68.3 Å². The third kappa shape index (κ3) is 5.07. The Morgan fingerprint density at radius 1 is 1.09 bits per heavy atom. The number of ether oxygens (including phenoxy) is 3. The third-order valence-corrected chi connectivity index (χ3v) is 5.96. The molecule has 0 aliphatic carbocycles. The Hall–Kier alpha value is -3.22. The van der Waals surface area contributed by atoms with Crippen LogP contribution >= 0.6 is 0 Å². The van der Waals surface area contributed by atoms with E-state index in [1.807, 2.05) is 68.1 Å². The highest BCUT2D eigenvalue weighted by Crippen LogP contribution is 2.46. The Morgan fingerprint density at radius 2 is 1.73 bits per heavy atom. The van der Waals surface area contributed by atoms with Gasteiger partial charge in [-0.2, -0.15) is 0 Å². The lowest BCUT2D eigenvalue weighted by molar-refractivity contribution is -0.122. The number of hydrogen-bond acceptors (Lipinski definition) is 5. The number of benzene rings is 2. The predicted octanol–water partition coefficient (Wildman–Crippen LogP) is 5.18. The highest BCUT2D eigenvalue weighted by atomic mass is 16.6. The van der Waals surface area contributed by atoms with Crippen LogP contribution in [0.3, 0.4) is 0 Å². The summed E-state index contributed by atoms with van der Waals surface area (Å²) in [5.41, 5.74) is 2.57. The lowest BCUT2D eigenvalue weighted by Gasteiger charge is -2.44. The summed E-state index contributed by atoms with van der Waals surface area (Å²) in [5.74, 6) is 0.947. The van der Waals surface area contributed by atoms with Gasteiger partial charge in [-0.3, -0.25) is 9.69 Å². The lowest BCUT2D eigenvalue weighted by atomic mass is 9.89. The summed E-state index contributed by atoms with van der Waals surface area (Å²) in [6.07, 6.45) is 0.190. The van der Waals surface area contributed by atoms with Gasteiger partial charge >= 0.3 is 6.09 Å². The van der Waals surface area contributed by atoms with Gasteiger partial charge in [-0.1, -0.05) is 44.2 Å². The minimum atomic E-state index is -0.386. The molecule has 0 spiro atoms. The van der Waals surface area contributed by atoms with E-state index in [-0.39, 0.29) is 36.6 Å². The van der Waals surface area contributed by atoms with Gasteiger partial charge in [0, 0.05) is 30.1 Å². The van der Waals surface area contributed by atoms with E-state index in [0.717, 1.165) is 16.8 Å². The monoisotopic (exact) mass is 454 g/mol. The van der Waals surface area contributed by atoms with Gasteiger partial charge in [0.1, 0.15) is 0 Å². The van der Waals surface area contributed by atoms with Gasteiger partial charge in [0.05, 0.1) is 32.6 Å². The van der Waals surface area contributed by atoms with Gasteiger partial charge in [0.15, 0.2) is 11.5 Å². The number of amides is 2. The van der Waals surface area contributed by atoms with Crippen LogP contribution in [0.1, 0.15) is 51.3 Å². The Kier molecular flexibility index (Phi) is 7.84. The molecule has 2 aromatic rings. The number of nitrogens with zero attached hydrogens (tertiary/aromatic N) is 2. The van der Waals surface area contributed by atoms with Crippen molar-refractivity contribution in [1.29, 1.82) is 0 Å². The van der Waals surface area contributed by atoms with Crippen molar-refractivity contribution < 1.29 is 23.8 Å². The smallest absolute Gasteiger partial charge is 0.410 e. The number of methoxy groups -OCH3 is 2. The van der Waals surface area contributed by atoms with Crippen molar-refractivity contribution in [1.82, 2.24) is 4.90 Å². The molecule has 0 fully saturated rings. The molecular weight excluding hydrogens is 420 g/mol. The summed E-state index contributed by atoms with van der Waals surface area (Å²) in [6.45, 7) is 8.27. The first-order valence-electron chi connectivity index (χ1n) is 11.4. The molecule has 2 amide bonds. The van der Waals surface area contributed by atoms with Crippen molar-refractivity contribution in [3.8, 4) is 11.5 Å². The summed E-state index contributed by atoms with van der Waals surface area (Å²) >= 11 is 0. The Bertz CT molecular complexity index is 976. The molecule has 33 heavy (non-hydrogen) atoms. The molecule has 2 aromatic carbocycles. The highest BCUT2D eigenvalue weighted by molar-refractivity contribution is 5.97. The lowest BCUT2D eigenvalue weighted by Crippen LogP contribution is -2.48. The van der Waals surface area contributed by atoms with Crippen LogP contribution in [-0.4, -0.2) is 43.8 Å². The second kappa shape index (κ2) is 10.6. The molecule has 0 N–H and O–H groups in total. The highest BCUT2D eigenvalue weighted by Gasteiger charge is 2.40. The second-order valence-corrected chi connectivity index (χ2v) is 8.54. The average Bonchev–Trinajstić information content (AvgIpc) is 2.81. The van der Waals surface area contributed by atoms with Gasteiger partial charge in [0.25, 0.3) is 0 Å². The van der Waals surface area contributed by atoms with Crippen molar-refractivity contribution in [3.63, 3.8) is 0 Å². The Labute approximate surface area is 196 Å². The summed E-state index contributed by atoms with van der Waals surface area (Å²) in [7, 11) is 3.15. The minimum absolute atomic E-state index is 0.0279. The van der Waals surface area contributed by atoms with Gasteiger partial charge in [0.2, 0.25) is 5.91 Å². The number of anilines is 1. The van der Waals surface area contributed by atoms with Crippen molar-refractivity contribution >= 4 is 17.7 Å². The quantitative estimate of drug-likeness (QED) is 0.576. The van der Waals surface area contributed by atoms with Crippen LogP contribution in [0.5, 0.6) is 11.5 Å². The van der Waals surface area contributed by atoms with Gasteiger partial charge < -0.3 is 19.1 Å². The van der Waals surface area contributed by atoms with E-state index >= 15 is 0 Å². The number of rotatable bonds is 7. The van der Waals surface area contributed by atoms with Crippen LogP contribution in [0.25, 0.3) is 0 Å². The minimum Gasteiger partial charge on any atom is -0.493 e. The molecule has 7 nitrogen and oxygen atoms in total. The van der Waals surface area contributed by atoms with Crippen molar-refractivity contribution in [3.05, 3.63) is 53.6 Å². The largest absolute Gasteiger partial charge is 0.493 e. The summed E-state index contributed by atoms with van der Waals surface area (Å²) in [6, 6.07) is 13.1. The maximum Gasteiger partial charge on any atom is 0.410 e. The van der Waals surface area contributed by atoms with Crippen LogP contribution in [-0.2, 0) is 16.1 Å². The first-order chi connectivity index (χ1) is 15.8. The second-order valence-electron chi connectivity index (χ2n) is 8.54. The number of hydrogen-bond donors (Lipinski definition) is 0. The summed E-state index contributed by atoms with van der Waals surface area (Å²) in [4.78, 5) is 29.9. The molecule has 0 radical (unpaired) electrons. The standard InChI is InChI=1S/C26H34N2O5/c1-7-33-26(30)27(16-19-11-9-8-10-12-19)21-13-18(4)28(25(29)17(2)3)22-15-24(32-6)23(31-5)14-20(21)22/h8-12,14-15,17-18,21H,7,13,16H2,1-6H3/t18-,21+/m0/s1. The molecule has 1 aliphatic heterocycles. The maximum atomic E-state index is 13.2.